The van der Waals surface area contributed by atoms with E-state index in [0.29, 0.717) is 24.8 Å². The number of allylic oxidation sites excluding steroid dienone is 1. The summed E-state index contributed by atoms with van der Waals surface area (Å²) in [5, 5.41) is 21.3. The maximum Gasteiger partial charge on any atom is 0.338 e. The summed E-state index contributed by atoms with van der Waals surface area (Å²) in [6.07, 6.45) is 2.55. The van der Waals surface area contributed by atoms with E-state index in [2.05, 4.69) is 0 Å². The number of hydrogen-bond donors (Lipinski definition) is 2. The SMILES string of the molecule is COc1cc(C(=O)O[C@H]2C=C(C)C(=O)C[C@@]3(C)CC[C@@](O)(C(C)C)[C@H]23)ccc1O. The van der Waals surface area contributed by atoms with Crippen LogP contribution in [0.3, 0.4) is 0 Å². The molecule has 2 aliphatic carbocycles. The molecule has 0 radical (unpaired) electrons. The average molecular weight is 402 g/mol. The highest BCUT2D eigenvalue weighted by Crippen LogP contribution is 2.57. The van der Waals surface area contributed by atoms with Crippen LogP contribution in [0.1, 0.15) is 57.3 Å². The minimum absolute atomic E-state index is 0.0235. The summed E-state index contributed by atoms with van der Waals surface area (Å²) in [6.45, 7) is 7.65. The summed E-state index contributed by atoms with van der Waals surface area (Å²) in [6, 6.07) is 4.25. The predicted molar refractivity (Wildman–Crippen MR) is 108 cm³/mol. The van der Waals surface area contributed by atoms with Gasteiger partial charge < -0.3 is 19.7 Å². The standard InChI is InChI=1S/C23H30O6/c1-13(2)23(27)9-8-22(4)12-17(25)14(3)10-19(20(22)23)29-21(26)15-6-7-16(24)18(11-15)28-5/h6-7,10-11,13,19-20,24,27H,8-9,12H2,1-5H3/t19-,20+,22+,23+/m0/s1. The van der Waals surface area contributed by atoms with E-state index in [4.69, 9.17) is 9.47 Å². The number of Topliss-reactive ketones (excluding diaryl/α,β-unsaturated/α-hetero) is 1. The minimum atomic E-state index is -1.03. The first-order valence-corrected chi connectivity index (χ1v) is 10.0. The van der Waals surface area contributed by atoms with Crippen LogP contribution in [0.4, 0.5) is 0 Å². The van der Waals surface area contributed by atoms with Crippen LogP contribution in [0.5, 0.6) is 11.5 Å². The van der Waals surface area contributed by atoms with Crippen molar-refractivity contribution in [1.82, 2.24) is 0 Å². The van der Waals surface area contributed by atoms with Gasteiger partial charge in [0.05, 0.1) is 18.3 Å². The molecule has 4 atom stereocenters. The highest BCUT2D eigenvalue weighted by Gasteiger charge is 2.60. The Hall–Kier alpha value is -2.34. The lowest BCUT2D eigenvalue weighted by Gasteiger charge is -2.42. The van der Waals surface area contributed by atoms with E-state index in [1.165, 1.54) is 25.3 Å². The van der Waals surface area contributed by atoms with E-state index >= 15 is 0 Å². The van der Waals surface area contributed by atoms with Gasteiger partial charge in [0.2, 0.25) is 0 Å². The minimum Gasteiger partial charge on any atom is -0.504 e. The van der Waals surface area contributed by atoms with Crippen molar-refractivity contribution in [3.05, 3.63) is 35.4 Å². The zero-order valence-electron chi connectivity index (χ0n) is 17.7. The summed E-state index contributed by atoms with van der Waals surface area (Å²) >= 11 is 0. The number of hydrogen-bond acceptors (Lipinski definition) is 6. The molecule has 2 aliphatic rings. The number of methoxy groups -OCH3 is 1. The third kappa shape index (κ3) is 3.66. The van der Waals surface area contributed by atoms with Crippen molar-refractivity contribution in [2.24, 2.45) is 17.3 Å². The van der Waals surface area contributed by atoms with Crippen LogP contribution < -0.4 is 4.74 Å². The zero-order chi connectivity index (χ0) is 21.6. The molecule has 0 aromatic heterocycles. The molecule has 6 nitrogen and oxygen atoms in total. The fourth-order valence-electron chi connectivity index (χ4n) is 4.97. The third-order valence-electron chi connectivity index (χ3n) is 6.79. The van der Waals surface area contributed by atoms with Gasteiger partial charge in [0, 0.05) is 12.3 Å². The summed E-state index contributed by atoms with van der Waals surface area (Å²) < 4.78 is 10.9. The van der Waals surface area contributed by atoms with Crippen LogP contribution in [0, 0.1) is 17.3 Å². The van der Waals surface area contributed by atoms with Gasteiger partial charge in [-0.25, -0.2) is 4.79 Å². The van der Waals surface area contributed by atoms with Crippen molar-refractivity contribution < 1.29 is 29.3 Å². The smallest absolute Gasteiger partial charge is 0.338 e. The van der Waals surface area contributed by atoms with Crippen molar-refractivity contribution in [3.8, 4) is 11.5 Å². The fraction of sp³-hybridized carbons (Fsp3) is 0.565. The van der Waals surface area contributed by atoms with Gasteiger partial charge in [-0.1, -0.05) is 20.8 Å². The Morgan fingerprint density at radius 2 is 1.97 bits per heavy atom. The molecule has 158 valence electrons. The molecule has 2 N–H and O–H groups in total. The molecule has 0 bridgehead atoms. The Labute approximate surface area is 171 Å². The summed E-state index contributed by atoms with van der Waals surface area (Å²) in [5.74, 6) is -0.906. The number of esters is 1. The van der Waals surface area contributed by atoms with Crippen molar-refractivity contribution in [3.63, 3.8) is 0 Å². The number of benzene rings is 1. The molecule has 0 spiro atoms. The average Bonchev–Trinajstić information content (AvgIpc) is 2.88. The zero-order valence-corrected chi connectivity index (χ0v) is 17.7. The van der Waals surface area contributed by atoms with Crippen LogP contribution in [-0.4, -0.2) is 40.8 Å². The maximum atomic E-state index is 12.9. The first-order valence-electron chi connectivity index (χ1n) is 10.0. The third-order valence-corrected chi connectivity index (χ3v) is 6.79. The van der Waals surface area contributed by atoms with Gasteiger partial charge in [0.15, 0.2) is 17.3 Å². The lowest BCUT2D eigenvalue weighted by atomic mass is 9.68. The molecule has 0 saturated heterocycles. The van der Waals surface area contributed by atoms with Gasteiger partial charge in [-0.05, 0) is 60.9 Å². The van der Waals surface area contributed by atoms with Gasteiger partial charge >= 0.3 is 5.97 Å². The molecule has 0 amide bonds. The first-order chi connectivity index (χ1) is 13.5. The Bertz CT molecular complexity index is 857. The summed E-state index contributed by atoms with van der Waals surface area (Å²) in [7, 11) is 1.40. The fourth-order valence-corrected chi connectivity index (χ4v) is 4.97. The van der Waals surface area contributed by atoms with Crippen molar-refractivity contribution >= 4 is 11.8 Å². The van der Waals surface area contributed by atoms with Gasteiger partial charge in [-0.15, -0.1) is 0 Å². The lowest BCUT2D eigenvalue weighted by molar-refractivity contribution is -0.122. The van der Waals surface area contributed by atoms with Crippen LogP contribution >= 0.6 is 0 Å². The molecular weight excluding hydrogens is 372 g/mol. The van der Waals surface area contributed by atoms with Crippen molar-refractivity contribution in [1.29, 1.82) is 0 Å². The Morgan fingerprint density at radius 3 is 2.59 bits per heavy atom. The molecule has 0 heterocycles. The number of aliphatic hydroxyl groups is 1. The number of ether oxygens (including phenoxy) is 2. The van der Waals surface area contributed by atoms with Crippen LogP contribution in [-0.2, 0) is 9.53 Å². The quantitative estimate of drug-likeness (QED) is 0.747. The number of phenolic OH excluding ortho intramolecular Hbond substituents is 1. The topological polar surface area (TPSA) is 93.1 Å². The number of carbonyl (C=O) groups is 2. The van der Waals surface area contributed by atoms with Gasteiger partial charge in [0.1, 0.15) is 6.10 Å². The second-order valence-electron chi connectivity index (χ2n) is 8.98. The van der Waals surface area contributed by atoms with Crippen molar-refractivity contribution in [2.75, 3.05) is 7.11 Å². The monoisotopic (exact) mass is 402 g/mol. The highest BCUT2D eigenvalue weighted by atomic mass is 16.5. The second-order valence-corrected chi connectivity index (χ2v) is 8.98. The van der Waals surface area contributed by atoms with Crippen LogP contribution in [0.25, 0.3) is 0 Å². The van der Waals surface area contributed by atoms with Gasteiger partial charge in [-0.3, -0.25) is 4.79 Å². The maximum absolute atomic E-state index is 12.9. The van der Waals surface area contributed by atoms with Crippen LogP contribution in [0.15, 0.2) is 29.8 Å². The van der Waals surface area contributed by atoms with E-state index in [0.717, 1.165) is 0 Å². The molecule has 3 rings (SSSR count). The Kier molecular flexibility index (Phi) is 5.52. The van der Waals surface area contributed by atoms with E-state index in [1.807, 2.05) is 20.8 Å². The van der Waals surface area contributed by atoms with Crippen LogP contribution in [0.2, 0.25) is 0 Å². The number of phenols is 1. The largest absolute Gasteiger partial charge is 0.504 e. The van der Waals surface area contributed by atoms with Crippen molar-refractivity contribution in [2.45, 2.75) is 58.7 Å². The van der Waals surface area contributed by atoms with Gasteiger partial charge in [-0.2, -0.15) is 0 Å². The van der Waals surface area contributed by atoms with Gasteiger partial charge in [0.25, 0.3) is 0 Å². The molecule has 0 unspecified atom stereocenters. The predicted octanol–water partition coefficient (Wildman–Crippen LogP) is 3.65. The molecule has 1 aromatic carbocycles. The number of ketones is 1. The molecule has 29 heavy (non-hydrogen) atoms. The normalized spacial score (nSPS) is 31.8. The number of aromatic hydroxyl groups is 1. The highest BCUT2D eigenvalue weighted by molar-refractivity contribution is 5.96. The number of carbonyl (C=O) groups excluding carboxylic acids is 2. The van der Waals surface area contributed by atoms with E-state index in [9.17, 15) is 19.8 Å². The summed E-state index contributed by atoms with van der Waals surface area (Å²) in [4.78, 5) is 25.5. The van der Waals surface area contributed by atoms with E-state index in [1.54, 1.807) is 13.0 Å². The molecule has 0 aliphatic heterocycles. The lowest BCUT2D eigenvalue weighted by Crippen LogP contribution is -2.50. The summed E-state index contributed by atoms with van der Waals surface area (Å²) in [5.41, 5.74) is -0.711. The number of fused-ring (bicyclic) bond motifs is 1. The molecule has 6 heteroatoms. The molecule has 1 aromatic rings. The Morgan fingerprint density at radius 1 is 1.28 bits per heavy atom. The number of rotatable bonds is 4. The molecule has 1 saturated carbocycles. The second kappa shape index (κ2) is 7.48. The van der Waals surface area contributed by atoms with E-state index < -0.39 is 23.1 Å². The van der Waals surface area contributed by atoms with E-state index in [-0.39, 0.29) is 34.7 Å². The Balaban J connectivity index is 2.00. The molecular formula is C23H30O6. The molecule has 1 fully saturated rings. The first kappa shape index (κ1) is 21.4.